The van der Waals surface area contributed by atoms with E-state index in [0.717, 1.165) is 33.3 Å². The molecular formula is C23H25N3O3. The van der Waals surface area contributed by atoms with Crippen molar-refractivity contribution in [3.63, 3.8) is 0 Å². The third-order valence-electron chi connectivity index (χ3n) is 5.33. The Morgan fingerprint density at radius 1 is 1.10 bits per heavy atom. The van der Waals surface area contributed by atoms with Crippen molar-refractivity contribution in [3.8, 4) is 5.75 Å². The van der Waals surface area contributed by atoms with E-state index in [9.17, 15) is 9.59 Å². The number of hydrogen-bond donors (Lipinski definition) is 2. The zero-order chi connectivity index (χ0) is 20.4. The van der Waals surface area contributed by atoms with Crippen LogP contribution in [-0.4, -0.2) is 41.0 Å². The average molecular weight is 391 g/mol. The van der Waals surface area contributed by atoms with Gasteiger partial charge >= 0.3 is 6.03 Å². The molecule has 0 aliphatic carbocycles. The summed E-state index contributed by atoms with van der Waals surface area (Å²) in [6.07, 6.45) is 2.97. The van der Waals surface area contributed by atoms with Gasteiger partial charge in [0.1, 0.15) is 11.8 Å². The number of carbonyl (C=O) groups is 2. The van der Waals surface area contributed by atoms with Gasteiger partial charge in [0.15, 0.2) is 0 Å². The normalized spacial score (nSPS) is 16.5. The van der Waals surface area contributed by atoms with E-state index in [1.807, 2.05) is 62.5 Å². The number of ether oxygens (including phenoxy) is 1. The summed E-state index contributed by atoms with van der Waals surface area (Å²) >= 11 is 0. The Bertz CT molecular complexity index is 1060. The van der Waals surface area contributed by atoms with Gasteiger partial charge in [-0.15, -0.1) is 0 Å². The lowest BCUT2D eigenvalue weighted by Crippen LogP contribution is -2.33. The first-order valence-electron chi connectivity index (χ1n) is 9.90. The molecule has 2 heterocycles. The van der Waals surface area contributed by atoms with E-state index in [1.165, 1.54) is 4.90 Å². The quantitative estimate of drug-likeness (QED) is 0.476. The van der Waals surface area contributed by atoms with Gasteiger partial charge in [0.05, 0.1) is 6.61 Å². The predicted octanol–water partition coefficient (Wildman–Crippen LogP) is 3.72. The highest BCUT2D eigenvalue weighted by Gasteiger charge is 2.37. The lowest BCUT2D eigenvalue weighted by atomic mass is 10.1. The van der Waals surface area contributed by atoms with E-state index in [1.54, 1.807) is 0 Å². The number of nitrogens with one attached hydrogen (secondary N) is 2. The van der Waals surface area contributed by atoms with Crippen molar-refractivity contribution in [3.05, 3.63) is 65.4 Å². The fraction of sp³-hybridized carbons (Fsp3) is 0.304. The minimum absolute atomic E-state index is 0.174. The van der Waals surface area contributed by atoms with E-state index in [2.05, 4.69) is 10.3 Å². The van der Waals surface area contributed by atoms with Crippen LogP contribution < -0.4 is 10.1 Å². The van der Waals surface area contributed by atoms with Crippen LogP contribution in [0.4, 0.5) is 4.79 Å². The third kappa shape index (κ3) is 3.97. The topological polar surface area (TPSA) is 74.4 Å². The van der Waals surface area contributed by atoms with Crippen molar-refractivity contribution in [2.75, 3.05) is 13.2 Å². The van der Waals surface area contributed by atoms with Gasteiger partial charge in [-0.3, -0.25) is 9.69 Å². The minimum atomic E-state index is -0.526. The molecule has 1 fully saturated rings. The fourth-order valence-electron chi connectivity index (χ4n) is 3.71. The molecule has 3 aromatic rings. The summed E-state index contributed by atoms with van der Waals surface area (Å²) in [6.45, 7) is 4.82. The fourth-order valence-corrected chi connectivity index (χ4v) is 3.71. The van der Waals surface area contributed by atoms with Crippen LogP contribution in [0.2, 0.25) is 0 Å². The first-order chi connectivity index (χ1) is 14.0. The number of nitrogens with zero attached hydrogens (tertiary/aromatic N) is 1. The number of aryl methyl sites for hydroxylation is 2. The molecule has 0 saturated carbocycles. The summed E-state index contributed by atoms with van der Waals surface area (Å²) in [4.78, 5) is 29.5. The number of amides is 3. The van der Waals surface area contributed by atoms with Crippen LogP contribution in [-0.2, 0) is 11.2 Å². The van der Waals surface area contributed by atoms with E-state index in [0.29, 0.717) is 26.0 Å². The molecule has 1 aliphatic heterocycles. The first kappa shape index (κ1) is 19.1. The number of carbonyl (C=O) groups excluding carboxylic acids is 2. The zero-order valence-corrected chi connectivity index (χ0v) is 16.7. The summed E-state index contributed by atoms with van der Waals surface area (Å²) < 4.78 is 5.83. The zero-order valence-electron chi connectivity index (χ0n) is 16.7. The average Bonchev–Trinajstić information content (AvgIpc) is 3.23. The number of fused-ring (bicyclic) bond motifs is 1. The second-order valence-electron chi connectivity index (χ2n) is 7.53. The number of hydrogen-bond acceptors (Lipinski definition) is 3. The van der Waals surface area contributed by atoms with E-state index >= 15 is 0 Å². The van der Waals surface area contributed by atoms with Crippen molar-refractivity contribution < 1.29 is 14.3 Å². The Labute approximate surface area is 169 Å². The number of benzene rings is 2. The van der Waals surface area contributed by atoms with E-state index in [4.69, 9.17) is 4.74 Å². The van der Waals surface area contributed by atoms with Gasteiger partial charge in [0.25, 0.3) is 5.91 Å². The highest BCUT2D eigenvalue weighted by Crippen LogP contribution is 2.22. The van der Waals surface area contributed by atoms with Gasteiger partial charge in [-0.25, -0.2) is 4.79 Å². The highest BCUT2D eigenvalue weighted by atomic mass is 16.5. The summed E-state index contributed by atoms with van der Waals surface area (Å²) in [5.41, 5.74) is 4.27. The minimum Gasteiger partial charge on any atom is -0.493 e. The molecule has 1 aromatic heterocycles. The van der Waals surface area contributed by atoms with E-state index < -0.39 is 6.04 Å². The van der Waals surface area contributed by atoms with Crippen molar-refractivity contribution in [2.45, 2.75) is 32.7 Å². The van der Waals surface area contributed by atoms with Gasteiger partial charge in [0, 0.05) is 30.1 Å². The molecule has 3 amide bonds. The number of imide groups is 1. The van der Waals surface area contributed by atoms with Crippen LogP contribution in [0.5, 0.6) is 5.75 Å². The molecule has 0 spiro atoms. The van der Waals surface area contributed by atoms with Crippen molar-refractivity contribution in [1.82, 2.24) is 15.2 Å². The van der Waals surface area contributed by atoms with Crippen LogP contribution in [0.15, 0.2) is 48.7 Å². The molecule has 1 atom stereocenters. The first-order valence-corrected chi connectivity index (χ1v) is 9.90. The highest BCUT2D eigenvalue weighted by molar-refractivity contribution is 6.04. The maximum absolute atomic E-state index is 12.7. The van der Waals surface area contributed by atoms with Gasteiger partial charge in [-0.1, -0.05) is 30.3 Å². The summed E-state index contributed by atoms with van der Waals surface area (Å²) in [7, 11) is 0. The Balaban J connectivity index is 1.33. The van der Waals surface area contributed by atoms with Crippen molar-refractivity contribution in [2.24, 2.45) is 0 Å². The maximum atomic E-state index is 12.7. The SMILES string of the molecule is Cc1ccc(C)c(OCCCN2C(=O)NC(Cc3c[nH]c4ccccc34)C2=O)c1. The molecule has 6 nitrogen and oxygen atoms in total. The molecule has 1 unspecified atom stereocenters. The third-order valence-corrected chi connectivity index (χ3v) is 5.33. The second kappa shape index (κ2) is 7.99. The summed E-state index contributed by atoms with van der Waals surface area (Å²) in [6, 6.07) is 13.2. The standard InChI is InChI=1S/C23H25N3O3/c1-15-8-9-16(2)21(12-15)29-11-5-10-26-22(27)20(25-23(26)28)13-17-14-24-19-7-4-3-6-18(17)19/h3-4,6-9,12,14,20,24H,5,10-11,13H2,1-2H3,(H,25,28). The van der Waals surface area contributed by atoms with Crippen LogP contribution in [0.3, 0.4) is 0 Å². The largest absolute Gasteiger partial charge is 0.493 e. The molecule has 1 saturated heterocycles. The number of urea groups is 1. The monoisotopic (exact) mass is 391 g/mol. The number of aromatic nitrogens is 1. The lowest BCUT2D eigenvalue weighted by molar-refractivity contribution is -0.127. The van der Waals surface area contributed by atoms with Crippen LogP contribution >= 0.6 is 0 Å². The number of rotatable bonds is 7. The van der Waals surface area contributed by atoms with Gasteiger partial charge < -0.3 is 15.0 Å². The summed E-state index contributed by atoms with van der Waals surface area (Å²) in [5.74, 6) is 0.673. The molecule has 0 radical (unpaired) electrons. The predicted molar refractivity (Wildman–Crippen MR) is 112 cm³/mol. The molecule has 0 bridgehead atoms. The molecule has 29 heavy (non-hydrogen) atoms. The van der Waals surface area contributed by atoms with Crippen LogP contribution in [0, 0.1) is 13.8 Å². The Morgan fingerprint density at radius 3 is 2.79 bits per heavy atom. The van der Waals surface area contributed by atoms with E-state index in [-0.39, 0.29) is 11.9 Å². The molecule has 150 valence electrons. The second-order valence-corrected chi connectivity index (χ2v) is 7.53. The van der Waals surface area contributed by atoms with Crippen molar-refractivity contribution >= 4 is 22.8 Å². The van der Waals surface area contributed by atoms with Crippen LogP contribution in [0.1, 0.15) is 23.1 Å². The number of para-hydroxylation sites is 1. The number of aromatic amines is 1. The molecule has 1 aliphatic rings. The smallest absolute Gasteiger partial charge is 0.324 e. The Morgan fingerprint density at radius 2 is 1.93 bits per heavy atom. The van der Waals surface area contributed by atoms with Crippen molar-refractivity contribution in [1.29, 1.82) is 0 Å². The molecule has 2 N–H and O–H groups in total. The Hall–Kier alpha value is -3.28. The molecule has 2 aromatic carbocycles. The van der Waals surface area contributed by atoms with Gasteiger partial charge in [0.2, 0.25) is 0 Å². The van der Waals surface area contributed by atoms with Crippen LogP contribution in [0.25, 0.3) is 10.9 Å². The summed E-state index contributed by atoms with van der Waals surface area (Å²) in [5, 5.41) is 3.89. The Kier molecular flexibility index (Phi) is 5.25. The maximum Gasteiger partial charge on any atom is 0.324 e. The molecule has 6 heteroatoms. The number of H-pyrrole nitrogens is 1. The molecule has 4 rings (SSSR count). The van der Waals surface area contributed by atoms with Gasteiger partial charge in [-0.05, 0) is 49.1 Å². The van der Waals surface area contributed by atoms with Gasteiger partial charge in [-0.2, -0.15) is 0 Å². The lowest BCUT2D eigenvalue weighted by Gasteiger charge is -2.14. The molecular weight excluding hydrogens is 366 g/mol.